The smallest absolute Gasteiger partial charge is 0.261 e. The molecule has 0 spiro atoms. The summed E-state index contributed by atoms with van der Waals surface area (Å²) < 4.78 is 27.7. The number of benzene rings is 3. The Hall–Kier alpha value is -2.87. The quantitative estimate of drug-likeness (QED) is 0.456. The van der Waals surface area contributed by atoms with Crippen molar-refractivity contribution in [2.45, 2.75) is 37.2 Å². The van der Waals surface area contributed by atoms with Crippen LogP contribution in [0.3, 0.4) is 0 Å². The molecule has 0 atom stereocenters. The lowest BCUT2D eigenvalue weighted by Gasteiger charge is -2.26. The van der Waals surface area contributed by atoms with Gasteiger partial charge in [0.25, 0.3) is 15.9 Å². The first-order chi connectivity index (χ1) is 16.4. The van der Waals surface area contributed by atoms with Crippen LogP contribution in [0.2, 0.25) is 5.02 Å². The predicted octanol–water partition coefficient (Wildman–Crippen LogP) is 5.06. The molecule has 1 fully saturated rings. The summed E-state index contributed by atoms with van der Waals surface area (Å²) in [5.41, 5.74) is 2.70. The Morgan fingerprint density at radius 3 is 2.38 bits per heavy atom. The van der Waals surface area contributed by atoms with Gasteiger partial charge in [0.1, 0.15) is 0 Å². The monoisotopic (exact) mass is 497 g/mol. The van der Waals surface area contributed by atoms with E-state index in [4.69, 9.17) is 11.6 Å². The van der Waals surface area contributed by atoms with Crippen molar-refractivity contribution in [3.05, 3.63) is 94.5 Å². The summed E-state index contributed by atoms with van der Waals surface area (Å²) in [4.78, 5) is 15.4. The highest BCUT2D eigenvalue weighted by Crippen LogP contribution is 2.23. The molecule has 1 aliphatic rings. The summed E-state index contributed by atoms with van der Waals surface area (Å²) in [6.07, 6.45) is 3.80. The number of piperidine rings is 1. The molecule has 0 saturated carbocycles. The summed E-state index contributed by atoms with van der Waals surface area (Å²) in [7, 11) is -3.77. The largest absolute Gasteiger partial charge is 0.348 e. The summed E-state index contributed by atoms with van der Waals surface area (Å²) in [5, 5.41) is 3.14. The Kier molecular flexibility index (Phi) is 7.88. The highest BCUT2D eigenvalue weighted by atomic mass is 35.5. The van der Waals surface area contributed by atoms with Crippen LogP contribution in [0.25, 0.3) is 0 Å². The molecule has 3 aromatic carbocycles. The van der Waals surface area contributed by atoms with E-state index < -0.39 is 10.0 Å². The zero-order chi connectivity index (χ0) is 24.0. The molecule has 6 nitrogen and oxygen atoms in total. The van der Waals surface area contributed by atoms with Gasteiger partial charge in [-0.2, -0.15) is 0 Å². The molecule has 4 rings (SSSR count). The number of hydrogen-bond donors (Lipinski definition) is 2. The van der Waals surface area contributed by atoms with Gasteiger partial charge in [0.2, 0.25) is 0 Å². The fraction of sp³-hybridized carbons (Fsp3) is 0.269. The normalized spacial score (nSPS) is 14.5. The fourth-order valence-corrected chi connectivity index (χ4v) is 5.34. The Bertz CT molecular complexity index is 1240. The number of anilines is 1. The molecule has 178 valence electrons. The van der Waals surface area contributed by atoms with Crippen molar-refractivity contribution in [1.29, 1.82) is 0 Å². The van der Waals surface area contributed by atoms with Gasteiger partial charge in [-0.3, -0.25) is 14.4 Å². The second-order valence-corrected chi connectivity index (χ2v) is 10.5. The molecule has 1 saturated heterocycles. The van der Waals surface area contributed by atoms with Crippen LogP contribution in [0, 0.1) is 0 Å². The van der Waals surface area contributed by atoms with Crippen LogP contribution in [0.1, 0.15) is 40.7 Å². The summed E-state index contributed by atoms with van der Waals surface area (Å²) in [6, 6.07) is 20.8. The number of rotatable bonds is 8. The molecule has 0 bridgehead atoms. The first-order valence-electron chi connectivity index (χ1n) is 11.4. The van der Waals surface area contributed by atoms with Gasteiger partial charge >= 0.3 is 0 Å². The molecular weight excluding hydrogens is 470 g/mol. The lowest BCUT2D eigenvalue weighted by Crippen LogP contribution is -2.29. The average Bonchev–Trinajstić information content (AvgIpc) is 2.85. The van der Waals surface area contributed by atoms with E-state index in [1.165, 1.54) is 55.2 Å². The molecule has 1 heterocycles. The zero-order valence-corrected chi connectivity index (χ0v) is 20.4. The van der Waals surface area contributed by atoms with Crippen LogP contribution in [0.5, 0.6) is 0 Å². The van der Waals surface area contributed by atoms with Crippen molar-refractivity contribution in [2.24, 2.45) is 0 Å². The molecule has 1 amide bonds. The molecule has 2 N–H and O–H groups in total. The van der Waals surface area contributed by atoms with Crippen molar-refractivity contribution in [2.75, 3.05) is 17.8 Å². The molecule has 0 aromatic heterocycles. The Morgan fingerprint density at radius 1 is 0.882 bits per heavy atom. The number of nitrogens with one attached hydrogen (secondary N) is 2. The number of halogens is 1. The standard InChI is InChI=1S/C26H28ClN3O3S/c27-25-13-12-22(29-34(32,33)23-10-3-1-4-11-23)17-24(25)26(31)28-18-20-8-7-9-21(16-20)19-30-14-5-2-6-15-30/h1,3-4,7-13,16-17,29H,2,5-6,14-15,18-19H2,(H,28,31). The van der Waals surface area contributed by atoms with Crippen LogP contribution in [0.15, 0.2) is 77.7 Å². The molecule has 1 aliphatic heterocycles. The van der Waals surface area contributed by atoms with Crippen LogP contribution < -0.4 is 10.0 Å². The van der Waals surface area contributed by atoms with E-state index in [1.807, 2.05) is 12.1 Å². The Balaban J connectivity index is 1.41. The first kappa shape index (κ1) is 24.3. The maximum atomic E-state index is 12.8. The van der Waals surface area contributed by atoms with Gasteiger partial charge in [0.15, 0.2) is 0 Å². The SMILES string of the molecule is O=C(NCc1cccc(CN2CCCCC2)c1)c1cc(NS(=O)(=O)c2ccccc2)ccc1Cl. The number of nitrogens with zero attached hydrogens (tertiary/aromatic N) is 1. The lowest BCUT2D eigenvalue weighted by atomic mass is 10.1. The number of likely N-dealkylation sites (tertiary alicyclic amines) is 1. The van der Waals surface area contributed by atoms with Gasteiger partial charge in [-0.05, 0) is 67.4 Å². The van der Waals surface area contributed by atoms with Gasteiger partial charge in [-0.25, -0.2) is 8.42 Å². The van der Waals surface area contributed by atoms with E-state index in [9.17, 15) is 13.2 Å². The average molecular weight is 498 g/mol. The number of sulfonamides is 1. The molecule has 0 aliphatic carbocycles. The summed E-state index contributed by atoms with van der Waals surface area (Å²) in [6.45, 7) is 3.52. The minimum absolute atomic E-state index is 0.139. The molecule has 3 aromatic rings. The zero-order valence-electron chi connectivity index (χ0n) is 18.8. The Labute approximate surface area is 206 Å². The highest BCUT2D eigenvalue weighted by Gasteiger charge is 2.17. The maximum absolute atomic E-state index is 12.8. The van der Waals surface area contributed by atoms with Gasteiger partial charge in [0, 0.05) is 18.8 Å². The maximum Gasteiger partial charge on any atom is 0.261 e. The van der Waals surface area contributed by atoms with Gasteiger partial charge in [-0.15, -0.1) is 0 Å². The van der Waals surface area contributed by atoms with E-state index in [1.54, 1.807) is 18.2 Å². The summed E-state index contributed by atoms with van der Waals surface area (Å²) >= 11 is 6.25. The fourth-order valence-electron chi connectivity index (χ4n) is 4.07. The number of carbonyl (C=O) groups excluding carboxylic acids is 1. The van der Waals surface area contributed by atoms with E-state index in [0.29, 0.717) is 6.54 Å². The van der Waals surface area contributed by atoms with Crippen molar-refractivity contribution in [3.63, 3.8) is 0 Å². The van der Waals surface area contributed by atoms with Crippen LogP contribution in [0.4, 0.5) is 5.69 Å². The topological polar surface area (TPSA) is 78.5 Å². The lowest BCUT2D eigenvalue weighted by molar-refractivity contribution is 0.0951. The minimum Gasteiger partial charge on any atom is -0.348 e. The molecule has 34 heavy (non-hydrogen) atoms. The molecule has 8 heteroatoms. The van der Waals surface area contributed by atoms with E-state index in [-0.39, 0.29) is 27.1 Å². The summed E-state index contributed by atoms with van der Waals surface area (Å²) in [5.74, 6) is -0.368. The third-order valence-corrected chi connectivity index (χ3v) is 7.54. The second kappa shape index (κ2) is 11.0. The van der Waals surface area contributed by atoms with Crippen LogP contribution in [-0.2, 0) is 23.1 Å². The predicted molar refractivity (Wildman–Crippen MR) is 135 cm³/mol. The number of hydrogen-bond acceptors (Lipinski definition) is 4. The van der Waals surface area contributed by atoms with Crippen molar-refractivity contribution in [3.8, 4) is 0 Å². The van der Waals surface area contributed by atoms with Crippen LogP contribution >= 0.6 is 11.6 Å². The Morgan fingerprint density at radius 2 is 1.62 bits per heavy atom. The van der Waals surface area contributed by atoms with Gasteiger partial charge in [-0.1, -0.05) is 60.5 Å². The second-order valence-electron chi connectivity index (χ2n) is 8.45. The number of amides is 1. The number of carbonyl (C=O) groups is 1. The highest BCUT2D eigenvalue weighted by molar-refractivity contribution is 7.92. The van der Waals surface area contributed by atoms with E-state index in [2.05, 4.69) is 27.1 Å². The van der Waals surface area contributed by atoms with E-state index in [0.717, 1.165) is 25.2 Å². The molecular formula is C26H28ClN3O3S. The van der Waals surface area contributed by atoms with Crippen molar-refractivity contribution >= 4 is 33.2 Å². The molecule has 0 unspecified atom stereocenters. The van der Waals surface area contributed by atoms with Crippen LogP contribution in [-0.4, -0.2) is 32.3 Å². The van der Waals surface area contributed by atoms with Crippen molar-refractivity contribution < 1.29 is 13.2 Å². The van der Waals surface area contributed by atoms with Gasteiger partial charge < -0.3 is 5.32 Å². The van der Waals surface area contributed by atoms with Gasteiger partial charge in [0.05, 0.1) is 15.5 Å². The first-order valence-corrected chi connectivity index (χ1v) is 13.2. The third kappa shape index (κ3) is 6.38. The van der Waals surface area contributed by atoms with E-state index >= 15 is 0 Å². The van der Waals surface area contributed by atoms with Crippen molar-refractivity contribution in [1.82, 2.24) is 10.2 Å². The third-order valence-electron chi connectivity index (χ3n) is 5.82. The molecule has 0 radical (unpaired) electrons. The minimum atomic E-state index is -3.77.